The van der Waals surface area contributed by atoms with Crippen LogP contribution in [0.1, 0.15) is 31.2 Å². The van der Waals surface area contributed by atoms with Gasteiger partial charge in [0.2, 0.25) is 6.08 Å². The van der Waals surface area contributed by atoms with Crippen molar-refractivity contribution in [3.05, 3.63) is 28.5 Å². The van der Waals surface area contributed by atoms with Gasteiger partial charge in [-0.15, -0.1) is 11.8 Å². The molecule has 0 spiro atoms. The van der Waals surface area contributed by atoms with Gasteiger partial charge in [-0.2, -0.15) is 4.99 Å². The highest BCUT2D eigenvalue weighted by Gasteiger charge is 2.36. The lowest BCUT2D eigenvalue weighted by molar-refractivity contribution is 0.451. The summed E-state index contributed by atoms with van der Waals surface area (Å²) >= 11 is 7.34. The SMILES string of the molecule is CSc1c(F)cc(C2(N=C=O)CCCC2)cc1Cl. The fourth-order valence-corrected chi connectivity index (χ4v) is 3.48. The van der Waals surface area contributed by atoms with Crippen LogP contribution in [0, 0.1) is 5.82 Å². The molecule has 0 unspecified atom stereocenters. The summed E-state index contributed by atoms with van der Waals surface area (Å²) in [4.78, 5) is 15.0. The lowest BCUT2D eigenvalue weighted by Crippen LogP contribution is -2.19. The van der Waals surface area contributed by atoms with Crippen LogP contribution in [0.5, 0.6) is 0 Å². The molecule has 1 saturated carbocycles. The number of nitrogens with zero attached hydrogens (tertiary/aromatic N) is 1. The maximum atomic E-state index is 13.9. The summed E-state index contributed by atoms with van der Waals surface area (Å²) in [7, 11) is 0. The summed E-state index contributed by atoms with van der Waals surface area (Å²) < 4.78 is 13.9. The van der Waals surface area contributed by atoms with Crippen LogP contribution in [-0.2, 0) is 10.3 Å². The summed E-state index contributed by atoms with van der Waals surface area (Å²) in [6, 6.07) is 3.17. The topological polar surface area (TPSA) is 29.4 Å². The van der Waals surface area contributed by atoms with Gasteiger partial charge < -0.3 is 0 Å². The van der Waals surface area contributed by atoms with Crippen LogP contribution < -0.4 is 0 Å². The predicted molar refractivity (Wildman–Crippen MR) is 71.5 cm³/mol. The van der Waals surface area contributed by atoms with Crippen molar-refractivity contribution in [3.63, 3.8) is 0 Å². The van der Waals surface area contributed by atoms with E-state index in [4.69, 9.17) is 11.6 Å². The minimum absolute atomic E-state index is 0.350. The monoisotopic (exact) mass is 285 g/mol. The number of benzene rings is 1. The van der Waals surface area contributed by atoms with E-state index in [9.17, 15) is 9.18 Å². The van der Waals surface area contributed by atoms with Crippen LogP contribution in [0.15, 0.2) is 22.0 Å². The first-order valence-corrected chi connectivity index (χ1v) is 7.36. The minimum Gasteiger partial charge on any atom is -0.211 e. The average molecular weight is 286 g/mol. The van der Waals surface area contributed by atoms with E-state index in [-0.39, 0.29) is 5.82 Å². The van der Waals surface area contributed by atoms with Gasteiger partial charge in [-0.3, -0.25) is 0 Å². The summed E-state index contributed by atoms with van der Waals surface area (Å²) in [5, 5.41) is 0.380. The third kappa shape index (κ3) is 2.33. The van der Waals surface area contributed by atoms with Gasteiger partial charge in [0.1, 0.15) is 5.82 Å². The lowest BCUT2D eigenvalue weighted by atomic mass is 9.89. The molecule has 0 amide bonds. The average Bonchev–Trinajstić information content (AvgIpc) is 2.79. The number of hydrogen-bond donors (Lipinski definition) is 0. The fraction of sp³-hybridized carbons (Fsp3) is 0.462. The number of aliphatic imine (C=N–C) groups is 1. The van der Waals surface area contributed by atoms with Crippen molar-refractivity contribution in [2.75, 3.05) is 6.26 Å². The molecule has 0 atom stereocenters. The Hall–Kier alpha value is -0.830. The van der Waals surface area contributed by atoms with E-state index >= 15 is 0 Å². The van der Waals surface area contributed by atoms with Gasteiger partial charge in [0.15, 0.2) is 0 Å². The molecule has 2 rings (SSSR count). The molecule has 1 aliphatic rings. The van der Waals surface area contributed by atoms with Gasteiger partial charge in [-0.1, -0.05) is 24.4 Å². The Balaban J connectivity index is 2.53. The van der Waals surface area contributed by atoms with Gasteiger partial charge >= 0.3 is 0 Å². The Labute approximate surface area is 115 Å². The Morgan fingerprint density at radius 1 is 1.44 bits per heavy atom. The number of carbonyl (C=O) groups excluding carboxylic acids is 1. The molecule has 0 saturated heterocycles. The minimum atomic E-state index is -0.622. The van der Waals surface area contributed by atoms with Crippen molar-refractivity contribution in [2.45, 2.75) is 36.1 Å². The maximum absolute atomic E-state index is 13.9. The predicted octanol–water partition coefficient (Wildman–Crippen LogP) is 4.31. The second-order valence-electron chi connectivity index (χ2n) is 4.41. The Morgan fingerprint density at radius 3 is 2.61 bits per heavy atom. The molecule has 0 radical (unpaired) electrons. The van der Waals surface area contributed by atoms with Gasteiger partial charge in [-0.25, -0.2) is 9.18 Å². The molecular weight excluding hydrogens is 273 g/mol. The normalized spacial score (nSPS) is 17.5. The highest BCUT2D eigenvalue weighted by atomic mass is 35.5. The van der Waals surface area contributed by atoms with Crippen molar-refractivity contribution in [1.29, 1.82) is 0 Å². The summed E-state index contributed by atoms with van der Waals surface area (Å²) in [6.45, 7) is 0. The van der Waals surface area contributed by atoms with Crippen LogP contribution in [0.3, 0.4) is 0 Å². The summed E-state index contributed by atoms with van der Waals surface area (Å²) in [5.74, 6) is -0.350. The fourth-order valence-electron chi connectivity index (χ4n) is 2.54. The van der Waals surface area contributed by atoms with Gasteiger partial charge in [0, 0.05) is 0 Å². The summed E-state index contributed by atoms with van der Waals surface area (Å²) in [5.41, 5.74) is 0.0621. The first-order valence-electron chi connectivity index (χ1n) is 5.75. The van der Waals surface area contributed by atoms with Crippen LogP contribution >= 0.6 is 23.4 Å². The number of rotatable bonds is 3. The quantitative estimate of drug-likeness (QED) is 0.470. The number of halogens is 2. The third-order valence-electron chi connectivity index (χ3n) is 3.43. The van der Waals surface area contributed by atoms with Crippen LogP contribution in [0.25, 0.3) is 0 Å². The molecule has 0 bridgehead atoms. The number of hydrogen-bond acceptors (Lipinski definition) is 3. The number of isocyanates is 1. The maximum Gasteiger partial charge on any atom is 0.235 e. The van der Waals surface area contributed by atoms with Crippen LogP contribution in [0.2, 0.25) is 5.02 Å². The van der Waals surface area contributed by atoms with Gasteiger partial charge in [0.05, 0.1) is 15.5 Å². The first-order chi connectivity index (χ1) is 8.63. The molecule has 96 valence electrons. The van der Waals surface area contributed by atoms with Crippen molar-refractivity contribution < 1.29 is 9.18 Å². The van der Waals surface area contributed by atoms with Crippen LogP contribution in [-0.4, -0.2) is 12.3 Å². The largest absolute Gasteiger partial charge is 0.235 e. The zero-order valence-electron chi connectivity index (χ0n) is 10.0. The third-order valence-corrected chi connectivity index (χ3v) is 4.66. The van der Waals surface area contributed by atoms with E-state index in [0.29, 0.717) is 15.5 Å². The number of thioether (sulfide) groups is 1. The molecule has 2 nitrogen and oxygen atoms in total. The smallest absolute Gasteiger partial charge is 0.211 e. The molecular formula is C13H13ClFNOS. The Kier molecular flexibility index (Phi) is 4.10. The standard InChI is InChI=1S/C13H13ClFNOS/c1-18-12-10(14)6-9(7-11(12)15)13(16-8-17)4-2-3-5-13/h6-7H,2-5H2,1H3. The highest BCUT2D eigenvalue weighted by Crippen LogP contribution is 2.44. The van der Waals surface area contributed by atoms with Crippen molar-refractivity contribution in [1.82, 2.24) is 0 Å². The van der Waals surface area contributed by atoms with Crippen molar-refractivity contribution in [2.24, 2.45) is 4.99 Å². The Bertz CT molecular complexity index is 485. The summed E-state index contributed by atoms with van der Waals surface area (Å²) in [6.07, 6.45) is 6.85. The molecule has 1 aromatic rings. The van der Waals surface area contributed by atoms with Crippen LogP contribution in [0.4, 0.5) is 4.39 Å². The molecule has 0 aliphatic heterocycles. The second-order valence-corrected chi connectivity index (χ2v) is 5.64. The van der Waals surface area contributed by atoms with E-state index in [2.05, 4.69) is 4.99 Å². The van der Waals surface area contributed by atoms with E-state index in [1.54, 1.807) is 18.4 Å². The molecule has 5 heteroatoms. The van der Waals surface area contributed by atoms with Crippen molar-refractivity contribution in [3.8, 4) is 0 Å². The van der Waals surface area contributed by atoms with E-state index in [0.717, 1.165) is 25.7 Å². The zero-order valence-corrected chi connectivity index (χ0v) is 11.6. The molecule has 1 aliphatic carbocycles. The van der Waals surface area contributed by atoms with Gasteiger partial charge in [0.25, 0.3) is 0 Å². The lowest BCUT2D eigenvalue weighted by Gasteiger charge is -2.23. The molecule has 1 aromatic carbocycles. The second kappa shape index (κ2) is 5.43. The zero-order chi connectivity index (χ0) is 13.2. The van der Waals surface area contributed by atoms with E-state index in [1.807, 2.05) is 0 Å². The van der Waals surface area contributed by atoms with E-state index < -0.39 is 5.54 Å². The van der Waals surface area contributed by atoms with E-state index in [1.165, 1.54) is 17.8 Å². The van der Waals surface area contributed by atoms with Gasteiger partial charge in [-0.05, 0) is 36.8 Å². The molecule has 0 N–H and O–H groups in total. The highest BCUT2D eigenvalue weighted by molar-refractivity contribution is 7.98. The van der Waals surface area contributed by atoms with Crippen molar-refractivity contribution >= 4 is 29.4 Å². The molecule has 0 aromatic heterocycles. The first kappa shape index (κ1) is 13.6. The molecule has 18 heavy (non-hydrogen) atoms. The molecule has 0 heterocycles. The Morgan fingerprint density at radius 2 is 2.11 bits per heavy atom. The molecule has 1 fully saturated rings.